The monoisotopic (exact) mass is 517 g/mol. The highest BCUT2D eigenvalue weighted by Crippen LogP contribution is 2.20. The number of amides is 1. The predicted octanol–water partition coefficient (Wildman–Crippen LogP) is 2.93. The van der Waals surface area contributed by atoms with Crippen LogP contribution in [0.3, 0.4) is 0 Å². The van der Waals surface area contributed by atoms with Crippen LogP contribution in [0.15, 0.2) is 29.3 Å². The summed E-state index contributed by atoms with van der Waals surface area (Å²) in [5.74, 6) is 1.01. The van der Waals surface area contributed by atoms with E-state index in [0.717, 1.165) is 64.5 Å². The smallest absolute Gasteiger partial charge is 0.222 e. The van der Waals surface area contributed by atoms with Gasteiger partial charge in [0.15, 0.2) is 5.96 Å². The third-order valence-corrected chi connectivity index (χ3v) is 5.77. The summed E-state index contributed by atoms with van der Waals surface area (Å²) in [6.45, 7) is 6.97. The molecule has 0 radical (unpaired) electrons. The first-order valence-electron chi connectivity index (χ1n) is 10.4. The van der Waals surface area contributed by atoms with Crippen molar-refractivity contribution in [2.75, 3.05) is 51.2 Å². The summed E-state index contributed by atoms with van der Waals surface area (Å²) in [6.07, 6.45) is 3.58. The zero-order valence-electron chi connectivity index (χ0n) is 17.4. The SMILES string of the molecule is CCC(CCNC(=NC)N1CCN(c2ccccc2F)CC1)N1CCCC1=O.I. The van der Waals surface area contributed by atoms with Gasteiger partial charge in [0.25, 0.3) is 0 Å². The van der Waals surface area contributed by atoms with Crippen molar-refractivity contribution < 1.29 is 9.18 Å². The van der Waals surface area contributed by atoms with Crippen molar-refractivity contribution in [3.63, 3.8) is 0 Å². The largest absolute Gasteiger partial charge is 0.366 e. The fraction of sp³-hybridized carbons (Fsp3) is 0.619. The summed E-state index contributed by atoms with van der Waals surface area (Å²) in [4.78, 5) is 22.8. The molecular weight excluding hydrogens is 484 g/mol. The number of guanidine groups is 1. The van der Waals surface area contributed by atoms with Crippen LogP contribution in [0.25, 0.3) is 0 Å². The van der Waals surface area contributed by atoms with Gasteiger partial charge in [-0.25, -0.2) is 4.39 Å². The maximum absolute atomic E-state index is 14.0. The van der Waals surface area contributed by atoms with Crippen LogP contribution in [0.5, 0.6) is 0 Å². The Balaban J connectivity index is 0.00000300. The van der Waals surface area contributed by atoms with Gasteiger partial charge in [-0.1, -0.05) is 19.1 Å². The summed E-state index contributed by atoms with van der Waals surface area (Å²) < 4.78 is 14.0. The minimum atomic E-state index is -0.166. The lowest BCUT2D eigenvalue weighted by Gasteiger charge is -2.38. The normalized spacial score (nSPS) is 18.7. The Kier molecular flexibility index (Phi) is 9.45. The fourth-order valence-corrected chi connectivity index (χ4v) is 4.19. The molecule has 162 valence electrons. The number of nitrogens with zero attached hydrogens (tertiary/aromatic N) is 4. The van der Waals surface area contributed by atoms with Gasteiger partial charge in [0.2, 0.25) is 5.91 Å². The summed E-state index contributed by atoms with van der Waals surface area (Å²) in [5.41, 5.74) is 0.672. The molecule has 29 heavy (non-hydrogen) atoms. The highest BCUT2D eigenvalue weighted by Gasteiger charge is 2.27. The van der Waals surface area contributed by atoms with Gasteiger partial charge in [-0.2, -0.15) is 0 Å². The van der Waals surface area contributed by atoms with Gasteiger partial charge in [0, 0.05) is 58.8 Å². The van der Waals surface area contributed by atoms with Crippen LogP contribution >= 0.6 is 24.0 Å². The Labute approximate surface area is 190 Å². The van der Waals surface area contributed by atoms with Crippen molar-refractivity contribution in [3.05, 3.63) is 30.1 Å². The lowest BCUT2D eigenvalue weighted by Crippen LogP contribution is -2.53. The van der Waals surface area contributed by atoms with E-state index < -0.39 is 0 Å². The Hall–Kier alpha value is -1.58. The van der Waals surface area contributed by atoms with E-state index in [4.69, 9.17) is 0 Å². The number of hydrogen-bond acceptors (Lipinski definition) is 3. The van der Waals surface area contributed by atoms with Crippen LogP contribution in [-0.4, -0.2) is 74.0 Å². The third kappa shape index (κ3) is 5.96. The molecule has 0 spiro atoms. The summed E-state index contributed by atoms with van der Waals surface area (Å²) in [5, 5.41) is 3.45. The van der Waals surface area contributed by atoms with Crippen molar-refractivity contribution in [2.45, 2.75) is 38.6 Å². The zero-order valence-corrected chi connectivity index (χ0v) is 19.8. The number of para-hydroxylation sites is 1. The van der Waals surface area contributed by atoms with E-state index in [1.807, 2.05) is 17.0 Å². The average Bonchev–Trinajstić information content (AvgIpc) is 3.15. The molecule has 1 N–H and O–H groups in total. The van der Waals surface area contributed by atoms with Gasteiger partial charge < -0.3 is 20.0 Å². The molecule has 2 aliphatic rings. The first-order valence-corrected chi connectivity index (χ1v) is 10.4. The number of likely N-dealkylation sites (tertiary alicyclic amines) is 1. The van der Waals surface area contributed by atoms with Crippen LogP contribution in [0.1, 0.15) is 32.6 Å². The molecule has 0 aliphatic carbocycles. The standard InChI is InChI=1S/C21H32FN5O.HI/c1-3-17(27-12-6-9-20(27)28)10-11-24-21(23-2)26-15-13-25(14-16-26)19-8-5-4-7-18(19)22;/h4-5,7-8,17H,3,6,9-16H2,1-2H3,(H,23,24);1H. The first-order chi connectivity index (χ1) is 13.6. The maximum Gasteiger partial charge on any atom is 0.222 e. The summed E-state index contributed by atoms with van der Waals surface area (Å²) in [6, 6.07) is 7.25. The van der Waals surface area contributed by atoms with E-state index in [1.165, 1.54) is 6.07 Å². The average molecular weight is 517 g/mol. The molecule has 8 heteroatoms. The molecule has 1 aromatic carbocycles. The fourth-order valence-electron chi connectivity index (χ4n) is 4.19. The van der Waals surface area contributed by atoms with E-state index in [9.17, 15) is 9.18 Å². The second-order valence-corrected chi connectivity index (χ2v) is 7.44. The Bertz CT molecular complexity index is 693. The van der Waals surface area contributed by atoms with E-state index in [1.54, 1.807) is 13.1 Å². The number of carbonyl (C=O) groups excluding carboxylic acids is 1. The number of benzene rings is 1. The number of halogens is 2. The van der Waals surface area contributed by atoms with Crippen LogP contribution in [0.4, 0.5) is 10.1 Å². The number of hydrogen-bond donors (Lipinski definition) is 1. The molecule has 0 bridgehead atoms. The first kappa shape index (κ1) is 23.7. The lowest BCUT2D eigenvalue weighted by molar-refractivity contribution is -0.129. The topological polar surface area (TPSA) is 51.2 Å². The second kappa shape index (κ2) is 11.6. The number of carbonyl (C=O) groups is 1. The minimum absolute atomic E-state index is 0. The van der Waals surface area contributed by atoms with Crippen LogP contribution in [-0.2, 0) is 4.79 Å². The number of piperazine rings is 1. The number of anilines is 1. The van der Waals surface area contributed by atoms with Crippen molar-refractivity contribution >= 4 is 41.5 Å². The van der Waals surface area contributed by atoms with Crippen LogP contribution < -0.4 is 10.2 Å². The van der Waals surface area contributed by atoms with E-state index in [2.05, 4.69) is 27.0 Å². The molecule has 6 nitrogen and oxygen atoms in total. The minimum Gasteiger partial charge on any atom is -0.366 e. The van der Waals surface area contributed by atoms with E-state index in [0.29, 0.717) is 24.1 Å². The second-order valence-electron chi connectivity index (χ2n) is 7.44. The van der Waals surface area contributed by atoms with Crippen molar-refractivity contribution in [2.24, 2.45) is 4.99 Å². The Morgan fingerprint density at radius 2 is 1.93 bits per heavy atom. The van der Waals surface area contributed by atoms with Crippen molar-refractivity contribution in [3.8, 4) is 0 Å². The van der Waals surface area contributed by atoms with Gasteiger partial charge in [-0.05, 0) is 31.4 Å². The molecule has 2 fully saturated rings. The van der Waals surface area contributed by atoms with Gasteiger partial charge in [-0.15, -0.1) is 24.0 Å². The molecule has 1 amide bonds. The summed E-state index contributed by atoms with van der Waals surface area (Å²) >= 11 is 0. The Morgan fingerprint density at radius 3 is 2.52 bits per heavy atom. The number of rotatable bonds is 6. The molecular formula is C21H33FIN5O. The van der Waals surface area contributed by atoms with Gasteiger partial charge in [0.1, 0.15) is 5.82 Å². The summed E-state index contributed by atoms with van der Waals surface area (Å²) in [7, 11) is 1.80. The van der Waals surface area contributed by atoms with Crippen molar-refractivity contribution in [1.82, 2.24) is 15.1 Å². The highest BCUT2D eigenvalue weighted by atomic mass is 127. The highest BCUT2D eigenvalue weighted by molar-refractivity contribution is 14.0. The van der Waals surface area contributed by atoms with E-state index in [-0.39, 0.29) is 29.8 Å². The quantitative estimate of drug-likeness (QED) is 0.358. The lowest BCUT2D eigenvalue weighted by atomic mass is 10.1. The molecule has 3 rings (SSSR count). The van der Waals surface area contributed by atoms with Gasteiger partial charge >= 0.3 is 0 Å². The van der Waals surface area contributed by atoms with E-state index >= 15 is 0 Å². The molecule has 1 unspecified atom stereocenters. The van der Waals surface area contributed by atoms with Crippen LogP contribution in [0.2, 0.25) is 0 Å². The van der Waals surface area contributed by atoms with Gasteiger partial charge in [0.05, 0.1) is 5.69 Å². The Morgan fingerprint density at radius 1 is 1.21 bits per heavy atom. The number of nitrogens with one attached hydrogen (secondary N) is 1. The molecule has 2 saturated heterocycles. The predicted molar refractivity (Wildman–Crippen MR) is 127 cm³/mol. The van der Waals surface area contributed by atoms with Crippen molar-refractivity contribution in [1.29, 1.82) is 0 Å². The molecule has 0 aromatic heterocycles. The van der Waals surface area contributed by atoms with Gasteiger partial charge in [-0.3, -0.25) is 9.79 Å². The molecule has 2 heterocycles. The molecule has 1 atom stereocenters. The zero-order chi connectivity index (χ0) is 19.9. The molecule has 2 aliphatic heterocycles. The third-order valence-electron chi connectivity index (χ3n) is 5.77. The maximum atomic E-state index is 14.0. The molecule has 0 saturated carbocycles. The number of aliphatic imine (C=N–C) groups is 1. The molecule has 1 aromatic rings. The van der Waals surface area contributed by atoms with Crippen LogP contribution in [0, 0.1) is 5.82 Å².